The zero-order valence-corrected chi connectivity index (χ0v) is 9.47. The summed E-state index contributed by atoms with van der Waals surface area (Å²) in [6.45, 7) is 3.34. The number of likely N-dealkylation sites (N-methyl/N-ethyl adjacent to an activating group) is 2. The number of hydrogen-bond acceptors (Lipinski definition) is 3. The Hall–Kier alpha value is -1.79. The summed E-state index contributed by atoms with van der Waals surface area (Å²) in [5, 5.41) is 8.60. The van der Waals surface area contributed by atoms with E-state index >= 15 is 0 Å². The summed E-state index contributed by atoms with van der Waals surface area (Å²) in [7, 11) is 0. The fourth-order valence-corrected chi connectivity index (χ4v) is 1.18. The Morgan fingerprint density at radius 3 is 1.81 bits per heavy atom. The molecular weight excluding hydrogens is 214 g/mol. The lowest BCUT2D eigenvalue weighted by atomic mass is 10.4. The number of carbonyl (C=O) groups is 3. The van der Waals surface area contributed by atoms with Crippen LogP contribution in [-0.2, 0) is 9.59 Å². The number of nitrogens with zero attached hydrogens (tertiary/aromatic N) is 2. The van der Waals surface area contributed by atoms with Crippen molar-refractivity contribution < 1.29 is 19.5 Å². The lowest BCUT2D eigenvalue weighted by Crippen LogP contribution is -2.47. The quantitative estimate of drug-likeness (QED) is 0.632. The van der Waals surface area contributed by atoms with E-state index in [4.69, 9.17) is 10.8 Å². The Morgan fingerprint density at radius 2 is 1.50 bits per heavy atom. The van der Waals surface area contributed by atoms with Gasteiger partial charge in [-0.1, -0.05) is 0 Å². The number of carboxylic acids is 1. The molecule has 0 radical (unpaired) electrons. The lowest BCUT2D eigenvalue weighted by Gasteiger charge is -2.27. The summed E-state index contributed by atoms with van der Waals surface area (Å²) in [5.74, 6) is -1.72. The third-order valence-electron chi connectivity index (χ3n) is 1.98. The molecule has 0 saturated heterocycles. The first-order valence-corrected chi connectivity index (χ1v) is 4.96. The molecule has 92 valence electrons. The standard InChI is InChI=1S/C9H17N3O4/c1-3-11(5-7(10)13)9(16)12(4-2)6-8(14)15/h3-6H2,1-2H3,(H2,10,13)(H,14,15). The van der Waals surface area contributed by atoms with Crippen LogP contribution in [0.4, 0.5) is 4.79 Å². The van der Waals surface area contributed by atoms with Crippen LogP contribution in [0.5, 0.6) is 0 Å². The number of carbonyl (C=O) groups excluding carboxylic acids is 2. The molecule has 0 bridgehead atoms. The second-order valence-corrected chi connectivity index (χ2v) is 3.17. The minimum Gasteiger partial charge on any atom is -0.480 e. The highest BCUT2D eigenvalue weighted by atomic mass is 16.4. The van der Waals surface area contributed by atoms with Crippen molar-refractivity contribution in [3.05, 3.63) is 0 Å². The molecule has 0 spiro atoms. The molecule has 0 rings (SSSR count). The van der Waals surface area contributed by atoms with E-state index in [0.29, 0.717) is 6.54 Å². The normalized spacial score (nSPS) is 9.62. The molecule has 3 amide bonds. The zero-order chi connectivity index (χ0) is 12.7. The molecule has 0 fully saturated rings. The van der Waals surface area contributed by atoms with Crippen molar-refractivity contribution in [3.63, 3.8) is 0 Å². The van der Waals surface area contributed by atoms with E-state index in [-0.39, 0.29) is 19.6 Å². The van der Waals surface area contributed by atoms with Gasteiger partial charge in [0.2, 0.25) is 5.91 Å². The van der Waals surface area contributed by atoms with E-state index in [9.17, 15) is 14.4 Å². The van der Waals surface area contributed by atoms with Gasteiger partial charge in [0.25, 0.3) is 0 Å². The van der Waals surface area contributed by atoms with Crippen LogP contribution < -0.4 is 5.73 Å². The molecule has 0 aromatic rings. The number of primary amides is 1. The van der Waals surface area contributed by atoms with Gasteiger partial charge in [0.15, 0.2) is 0 Å². The molecule has 0 atom stereocenters. The monoisotopic (exact) mass is 231 g/mol. The highest BCUT2D eigenvalue weighted by Crippen LogP contribution is 1.98. The Kier molecular flexibility index (Phi) is 5.91. The van der Waals surface area contributed by atoms with E-state index in [1.807, 2.05) is 0 Å². The van der Waals surface area contributed by atoms with Crippen LogP contribution in [0, 0.1) is 0 Å². The summed E-state index contributed by atoms with van der Waals surface area (Å²) in [4.78, 5) is 35.3. The zero-order valence-electron chi connectivity index (χ0n) is 9.47. The molecular formula is C9H17N3O4. The molecule has 0 aromatic heterocycles. The van der Waals surface area contributed by atoms with Crippen LogP contribution in [0.15, 0.2) is 0 Å². The average molecular weight is 231 g/mol. The van der Waals surface area contributed by atoms with E-state index in [1.165, 1.54) is 4.90 Å². The molecule has 0 unspecified atom stereocenters. The molecule has 0 aliphatic carbocycles. The van der Waals surface area contributed by atoms with Crippen molar-refractivity contribution >= 4 is 17.9 Å². The summed E-state index contributed by atoms with van der Waals surface area (Å²) in [5.41, 5.74) is 4.98. The van der Waals surface area contributed by atoms with Crippen LogP contribution in [0.1, 0.15) is 13.8 Å². The van der Waals surface area contributed by atoms with Crippen LogP contribution >= 0.6 is 0 Å². The first-order chi connectivity index (χ1) is 7.42. The second kappa shape index (κ2) is 6.65. The molecule has 0 aromatic carbocycles. The maximum atomic E-state index is 11.8. The topological polar surface area (TPSA) is 104 Å². The van der Waals surface area contributed by atoms with Gasteiger partial charge in [-0.2, -0.15) is 0 Å². The van der Waals surface area contributed by atoms with Gasteiger partial charge in [0, 0.05) is 13.1 Å². The highest BCUT2D eigenvalue weighted by molar-refractivity contribution is 5.84. The smallest absolute Gasteiger partial charge is 0.323 e. The Bertz CT molecular complexity index is 254. The van der Waals surface area contributed by atoms with Crippen molar-refractivity contribution in [2.45, 2.75) is 13.8 Å². The van der Waals surface area contributed by atoms with E-state index in [1.54, 1.807) is 13.8 Å². The first-order valence-electron chi connectivity index (χ1n) is 4.96. The molecule has 7 heteroatoms. The Balaban J connectivity index is 4.56. The average Bonchev–Trinajstić information content (AvgIpc) is 2.20. The number of hydrogen-bond donors (Lipinski definition) is 2. The molecule has 0 heterocycles. The molecule has 7 nitrogen and oxygen atoms in total. The number of nitrogens with two attached hydrogens (primary N) is 1. The van der Waals surface area contributed by atoms with Gasteiger partial charge in [-0.3, -0.25) is 9.59 Å². The molecule has 3 N–H and O–H groups in total. The van der Waals surface area contributed by atoms with E-state index < -0.39 is 17.9 Å². The summed E-state index contributed by atoms with van der Waals surface area (Å²) in [6.07, 6.45) is 0. The van der Waals surface area contributed by atoms with Crippen LogP contribution in [0.3, 0.4) is 0 Å². The number of urea groups is 1. The van der Waals surface area contributed by atoms with Crippen molar-refractivity contribution in [2.75, 3.05) is 26.2 Å². The maximum Gasteiger partial charge on any atom is 0.323 e. The van der Waals surface area contributed by atoms with Gasteiger partial charge in [-0.05, 0) is 13.8 Å². The number of carboxylic acid groups (broad SMARTS) is 1. The van der Waals surface area contributed by atoms with E-state index in [0.717, 1.165) is 4.90 Å². The third kappa shape index (κ3) is 4.63. The van der Waals surface area contributed by atoms with Gasteiger partial charge in [0.1, 0.15) is 13.1 Å². The number of aliphatic carboxylic acids is 1. The Morgan fingerprint density at radius 1 is 1.06 bits per heavy atom. The summed E-state index contributed by atoms with van der Waals surface area (Å²) >= 11 is 0. The van der Waals surface area contributed by atoms with Crippen LogP contribution in [0.25, 0.3) is 0 Å². The van der Waals surface area contributed by atoms with E-state index in [2.05, 4.69) is 0 Å². The van der Waals surface area contributed by atoms with Crippen molar-refractivity contribution in [3.8, 4) is 0 Å². The second-order valence-electron chi connectivity index (χ2n) is 3.17. The van der Waals surface area contributed by atoms with Crippen molar-refractivity contribution in [2.24, 2.45) is 5.73 Å². The van der Waals surface area contributed by atoms with Crippen LogP contribution in [0.2, 0.25) is 0 Å². The highest BCUT2D eigenvalue weighted by Gasteiger charge is 2.21. The molecule has 16 heavy (non-hydrogen) atoms. The third-order valence-corrected chi connectivity index (χ3v) is 1.98. The number of amides is 3. The summed E-state index contributed by atoms with van der Waals surface area (Å²) in [6, 6.07) is -0.494. The summed E-state index contributed by atoms with van der Waals surface area (Å²) < 4.78 is 0. The largest absolute Gasteiger partial charge is 0.480 e. The first kappa shape index (κ1) is 14.2. The fraction of sp³-hybridized carbons (Fsp3) is 0.667. The van der Waals surface area contributed by atoms with Gasteiger partial charge >= 0.3 is 12.0 Å². The minimum absolute atomic E-state index is 0.203. The van der Waals surface area contributed by atoms with Crippen molar-refractivity contribution in [1.82, 2.24) is 9.80 Å². The van der Waals surface area contributed by atoms with Gasteiger partial charge in [0.05, 0.1) is 0 Å². The van der Waals surface area contributed by atoms with Gasteiger partial charge in [-0.25, -0.2) is 4.79 Å². The predicted molar refractivity (Wildman–Crippen MR) is 56.7 cm³/mol. The van der Waals surface area contributed by atoms with Gasteiger partial charge in [-0.15, -0.1) is 0 Å². The fourth-order valence-electron chi connectivity index (χ4n) is 1.18. The van der Waals surface area contributed by atoms with Crippen LogP contribution in [-0.4, -0.2) is 59.0 Å². The molecule has 0 aliphatic rings. The maximum absolute atomic E-state index is 11.8. The molecule has 0 aliphatic heterocycles. The minimum atomic E-state index is -1.09. The molecule has 0 saturated carbocycles. The van der Waals surface area contributed by atoms with Gasteiger partial charge < -0.3 is 20.6 Å². The predicted octanol–water partition coefficient (Wildman–Crippen LogP) is -0.680. The lowest BCUT2D eigenvalue weighted by molar-refractivity contribution is -0.137. The Labute approximate surface area is 93.8 Å². The van der Waals surface area contributed by atoms with Crippen molar-refractivity contribution in [1.29, 1.82) is 0 Å². The number of rotatable bonds is 6. The SMILES string of the molecule is CCN(CC(N)=O)C(=O)N(CC)CC(=O)O.